The summed E-state index contributed by atoms with van der Waals surface area (Å²) in [4.78, 5) is 28.6. The van der Waals surface area contributed by atoms with Gasteiger partial charge in [0.15, 0.2) is 0 Å². The van der Waals surface area contributed by atoms with Crippen molar-refractivity contribution in [2.75, 3.05) is 23.7 Å². The highest BCUT2D eigenvalue weighted by Gasteiger charge is 2.33. The molecule has 1 atom stereocenters. The van der Waals surface area contributed by atoms with Gasteiger partial charge in [0, 0.05) is 35.1 Å². The third-order valence-electron chi connectivity index (χ3n) is 5.74. The van der Waals surface area contributed by atoms with Crippen molar-refractivity contribution in [3.05, 3.63) is 100 Å². The van der Waals surface area contributed by atoms with Gasteiger partial charge in [-0.25, -0.2) is 8.42 Å². The number of amides is 2. The van der Waals surface area contributed by atoms with Crippen LogP contribution < -0.4 is 9.62 Å². The van der Waals surface area contributed by atoms with Gasteiger partial charge in [0.05, 0.1) is 11.9 Å². The van der Waals surface area contributed by atoms with Crippen LogP contribution in [0.3, 0.4) is 0 Å². The maximum Gasteiger partial charge on any atom is 0.244 e. The standard InChI is InChI=1S/C27H29Cl2N3O4S/c1-3-30-27(34)25(17-20-11-6-4-7-12-20)31(18-22-23(28)15-10-16-24(22)29)26(33)19-32(37(2,35)36)21-13-8-5-9-14-21/h4-16,25H,3,17-19H2,1-2H3,(H,30,34). The minimum Gasteiger partial charge on any atom is -0.355 e. The SMILES string of the molecule is CCNC(=O)C(Cc1ccccc1)N(Cc1c(Cl)cccc1Cl)C(=O)CN(c1ccccc1)S(C)(=O)=O. The number of likely N-dealkylation sites (N-methyl/N-ethyl adjacent to an activating group) is 1. The van der Waals surface area contributed by atoms with Gasteiger partial charge in [-0.15, -0.1) is 0 Å². The van der Waals surface area contributed by atoms with Crippen molar-refractivity contribution in [3.8, 4) is 0 Å². The zero-order valence-electron chi connectivity index (χ0n) is 20.6. The van der Waals surface area contributed by atoms with Crippen molar-refractivity contribution >= 4 is 50.7 Å². The summed E-state index contributed by atoms with van der Waals surface area (Å²) in [6, 6.07) is 21.7. The number of hydrogen-bond donors (Lipinski definition) is 1. The van der Waals surface area contributed by atoms with E-state index in [4.69, 9.17) is 23.2 Å². The fourth-order valence-electron chi connectivity index (χ4n) is 3.91. The van der Waals surface area contributed by atoms with E-state index in [0.717, 1.165) is 16.1 Å². The van der Waals surface area contributed by atoms with Crippen LogP contribution in [0.1, 0.15) is 18.1 Å². The average molecular weight is 563 g/mol. The largest absolute Gasteiger partial charge is 0.355 e. The van der Waals surface area contributed by atoms with E-state index < -0.39 is 28.5 Å². The molecule has 3 aromatic carbocycles. The molecule has 0 saturated carbocycles. The molecular formula is C27H29Cl2N3O4S. The summed E-state index contributed by atoms with van der Waals surface area (Å²) in [6.07, 6.45) is 1.25. The number of anilines is 1. The van der Waals surface area contributed by atoms with Crippen LogP contribution in [0.15, 0.2) is 78.9 Å². The Labute approximate surface area is 228 Å². The molecule has 0 aliphatic carbocycles. The van der Waals surface area contributed by atoms with Crippen molar-refractivity contribution in [2.24, 2.45) is 0 Å². The minimum absolute atomic E-state index is 0.0850. The van der Waals surface area contributed by atoms with E-state index in [9.17, 15) is 18.0 Å². The summed E-state index contributed by atoms with van der Waals surface area (Å²) < 4.78 is 26.4. The minimum atomic E-state index is -3.82. The molecule has 0 heterocycles. The Kier molecular flexibility index (Phi) is 9.97. The highest BCUT2D eigenvalue weighted by molar-refractivity contribution is 7.92. The second kappa shape index (κ2) is 12.9. The van der Waals surface area contributed by atoms with Crippen LogP contribution in [0.4, 0.5) is 5.69 Å². The molecule has 0 saturated heterocycles. The van der Waals surface area contributed by atoms with Gasteiger partial charge in [-0.05, 0) is 36.8 Å². The van der Waals surface area contributed by atoms with Crippen LogP contribution in [-0.2, 0) is 32.6 Å². The van der Waals surface area contributed by atoms with Crippen molar-refractivity contribution in [2.45, 2.75) is 25.9 Å². The molecule has 0 fully saturated rings. The third kappa shape index (κ3) is 7.71. The molecule has 37 heavy (non-hydrogen) atoms. The lowest BCUT2D eigenvalue weighted by molar-refractivity contribution is -0.140. The van der Waals surface area contributed by atoms with E-state index in [2.05, 4.69) is 5.32 Å². The molecule has 0 aliphatic rings. The van der Waals surface area contributed by atoms with Crippen molar-refractivity contribution in [1.82, 2.24) is 10.2 Å². The monoisotopic (exact) mass is 561 g/mol. The molecule has 0 spiro atoms. The first-order valence-corrected chi connectivity index (χ1v) is 14.3. The van der Waals surface area contributed by atoms with Crippen LogP contribution in [0.25, 0.3) is 0 Å². The van der Waals surface area contributed by atoms with E-state index in [-0.39, 0.29) is 18.9 Å². The Balaban J connectivity index is 2.07. The number of halogens is 2. The molecule has 0 aromatic heterocycles. The van der Waals surface area contributed by atoms with Crippen LogP contribution >= 0.6 is 23.2 Å². The van der Waals surface area contributed by atoms with Gasteiger partial charge < -0.3 is 10.2 Å². The molecule has 0 bridgehead atoms. The second-order valence-electron chi connectivity index (χ2n) is 8.43. The molecule has 0 aliphatic heterocycles. The number of carbonyl (C=O) groups excluding carboxylic acids is 2. The number of rotatable bonds is 11. The quantitative estimate of drug-likeness (QED) is 0.372. The molecule has 2 amide bonds. The van der Waals surface area contributed by atoms with Gasteiger partial charge in [0.25, 0.3) is 0 Å². The Bertz CT molecular complexity index is 1300. The Morgan fingerprint density at radius 1 is 0.892 bits per heavy atom. The predicted octanol–water partition coefficient (Wildman–Crippen LogP) is 4.54. The van der Waals surface area contributed by atoms with Crippen molar-refractivity contribution < 1.29 is 18.0 Å². The first kappa shape index (κ1) is 28.5. The van der Waals surface area contributed by atoms with Crippen LogP contribution in [0, 0.1) is 0 Å². The lowest BCUT2D eigenvalue weighted by atomic mass is 10.0. The smallest absolute Gasteiger partial charge is 0.244 e. The Morgan fingerprint density at radius 3 is 2.00 bits per heavy atom. The van der Waals surface area contributed by atoms with E-state index in [1.54, 1.807) is 55.5 Å². The fraction of sp³-hybridized carbons (Fsp3) is 0.259. The Morgan fingerprint density at radius 2 is 1.46 bits per heavy atom. The van der Waals surface area contributed by atoms with Crippen LogP contribution in [-0.4, -0.2) is 50.5 Å². The molecule has 1 N–H and O–H groups in total. The maximum absolute atomic E-state index is 13.9. The lowest BCUT2D eigenvalue weighted by Crippen LogP contribution is -2.53. The molecule has 0 radical (unpaired) electrons. The summed E-state index contributed by atoms with van der Waals surface area (Å²) >= 11 is 12.9. The molecule has 3 rings (SSSR count). The number of carbonyl (C=O) groups is 2. The molecule has 3 aromatic rings. The van der Waals surface area contributed by atoms with Gasteiger partial charge in [-0.2, -0.15) is 0 Å². The lowest BCUT2D eigenvalue weighted by Gasteiger charge is -2.33. The van der Waals surface area contributed by atoms with E-state index in [1.807, 2.05) is 30.3 Å². The molecule has 7 nitrogen and oxygen atoms in total. The zero-order chi connectivity index (χ0) is 27.0. The van der Waals surface area contributed by atoms with Crippen LogP contribution in [0.2, 0.25) is 10.0 Å². The van der Waals surface area contributed by atoms with Gasteiger partial charge in [0.1, 0.15) is 12.6 Å². The van der Waals surface area contributed by atoms with Gasteiger partial charge in [-0.3, -0.25) is 13.9 Å². The summed E-state index contributed by atoms with van der Waals surface area (Å²) in [5.74, 6) is -0.939. The van der Waals surface area contributed by atoms with Crippen LogP contribution in [0.5, 0.6) is 0 Å². The predicted molar refractivity (Wildman–Crippen MR) is 148 cm³/mol. The van der Waals surface area contributed by atoms with E-state index in [0.29, 0.717) is 27.8 Å². The van der Waals surface area contributed by atoms with E-state index in [1.165, 1.54) is 4.90 Å². The first-order chi connectivity index (χ1) is 17.6. The maximum atomic E-state index is 13.9. The van der Waals surface area contributed by atoms with Gasteiger partial charge >= 0.3 is 0 Å². The topological polar surface area (TPSA) is 86.8 Å². The number of nitrogens with one attached hydrogen (secondary N) is 1. The van der Waals surface area contributed by atoms with Crippen molar-refractivity contribution in [1.29, 1.82) is 0 Å². The zero-order valence-corrected chi connectivity index (χ0v) is 22.9. The molecule has 1 unspecified atom stereocenters. The molecular weight excluding hydrogens is 533 g/mol. The number of para-hydroxylation sites is 1. The summed E-state index contributed by atoms with van der Waals surface area (Å²) in [5, 5.41) is 3.47. The van der Waals surface area contributed by atoms with Crippen molar-refractivity contribution in [3.63, 3.8) is 0 Å². The highest BCUT2D eigenvalue weighted by atomic mass is 35.5. The highest BCUT2D eigenvalue weighted by Crippen LogP contribution is 2.28. The number of sulfonamides is 1. The van der Waals surface area contributed by atoms with E-state index >= 15 is 0 Å². The second-order valence-corrected chi connectivity index (χ2v) is 11.1. The number of hydrogen-bond acceptors (Lipinski definition) is 4. The first-order valence-electron chi connectivity index (χ1n) is 11.7. The third-order valence-corrected chi connectivity index (χ3v) is 7.58. The summed E-state index contributed by atoms with van der Waals surface area (Å²) in [5.41, 5.74) is 1.64. The number of nitrogens with zero attached hydrogens (tertiary/aromatic N) is 2. The summed E-state index contributed by atoms with van der Waals surface area (Å²) in [6.45, 7) is 1.56. The molecule has 10 heteroatoms. The Hall–Kier alpha value is -3.07. The number of benzene rings is 3. The summed E-state index contributed by atoms with van der Waals surface area (Å²) in [7, 11) is -3.82. The van der Waals surface area contributed by atoms with Gasteiger partial charge in [0.2, 0.25) is 21.8 Å². The average Bonchev–Trinajstić information content (AvgIpc) is 2.86. The fourth-order valence-corrected chi connectivity index (χ4v) is 5.27. The molecule has 196 valence electrons. The normalized spacial score (nSPS) is 12.0. The van der Waals surface area contributed by atoms with Gasteiger partial charge in [-0.1, -0.05) is 77.8 Å².